The fourth-order valence-electron chi connectivity index (χ4n) is 1.24. The number of aromatic carboxylic acids is 1. The number of thiophene rings is 1. The normalized spacial score (nSPS) is 13.4. The number of carboxylic acids is 1. The predicted molar refractivity (Wildman–Crippen MR) is 68.6 cm³/mol. The highest BCUT2D eigenvalue weighted by Gasteiger charge is 2.24. The maximum absolute atomic E-state index is 11.1. The van der Waals surface area contributed by atoms with E-state index in [-0.39, 0.29) is 22.6 Å². The third kappa shape index (κ3) is 3.69. The van der Waals surface area contributed by atoms with Gasteiger partial charge in [-0.3, -0.25) is 0 Å². The fraction of sp³-hybridized carbons (Fsp3) is 0.583. The zero-order valence-electron chi connectivity index (χ0n) is 10.6. The summed E-state index contributed by atoms with van der Waals surface area (Å²) in [6, 6.07) is 1.68. The zero-order valence-corrected chi connectivity index (χ0v) is 11.5. The third-order valence-corrected chi connectivity index (χ3v) is 3.80. The Morgan fingerprint density at radius 1 is 1.50 bits per heavy atom. The molecule has 0 aliphatic heterocycles. The van der Waals surface area contributed by atoms with E-state index in [0.717, 1.165) is 4.88 Å². The van der Waals surface area contributed by atoms with Gasteiger partial charge in [0.05, 0.1) is 6.61 Å². The van der Waals surface area contributed by atoms with Gasteiger partial charge in [-0.2, -0.15) is 0 Å². The van der Waals surface area contributed by atoms with Crippen LogP contribution in [0, 0.1) is 0 Å². The van der Waals surface area contributed by atoms with Crippen LogP contribution in [-0.4, -0.2) is 40.6 Å². The molecule has 1 aromatic heterocycles. The van der Waals surface area contributed by atoms with Gasteiger partial charge in [0.15, 0.2) is 4.88 Å². The maximum Gasteiger partial charge on any atom is 0.349 e. The second-order valence-electron chi connectivity index (χ2n) is 5.01. The Morgan fingerprint density at radius 3 is 2.56 bits per heavy atom. The summed E-state index contributed by atoms with van der Waals surface area (Å²) in [5.74, 6) is -0.811. The number of aliphatic hydroxyl groups excluding tert-OH is 2. The van der Waals surface area contributed by atoms with Gasteiger partial charge in [0, 0.05) is 4.88 Å². The van der Waals surface area contributed by atoms with Crippen LogP contribution >= 0.6 is 11.3 Å². The fourth-order valence-corrected chi connectivity index (χ4v) is 2.24. The lowest BCUT2D eigenvalue weighted by molar-refractivity contribution is 0.0522. The molecule has 0 aromatic carbocycles. The van der Waals surface area contributed by atoms with Gasteiger partial charge >= 0.3 is 5.97 Å². The minimum absolute atomic E-state index is 0.116. The van der Waals surface area contributed by atoms with Crippen molar-refractivity contribution < 1.29 is 24.9 Å². The molecule has 0 aliphatic carbocycles. The van der Waals surface area contributed by atoms with Crippen LogP contribution in [-0.2, 0) is 5.41 Å². The van der Waals surface area contributed by atoms with Crippen LogP contribution in [0.4, 0.5) is 0 Å². The molecule has 0 spiro atoms. The molecule has 1 atom stereocenters. The van der Waals surface area contributed by atoms with Gasteiger partial charge in [0.2, 0.25) is 0 Å². The highest BCUT2D eigenvalue weighted by molar-refractivity contribution is 7.14. The van der Waals surface area contributed by atoms with E-state index in [2.05, 4.69) is 0 Å². The molecule has 1 aromatic rings. The molecule has 102 valence electrons. The second-order valence-corrected chi connectivity index (χ2v) is 6.06. The van der Waals surface area contributed by atoms with Gasteiger partial charge in [-0.1, -0.05) is 20.8 Å². The van der Waals surface area contributed by atoms with Crippen molar-refractivity contribution in [2.24, 2.45) is 0 Å². The highest BCUT2D eigenvalue weighted by Crippen LogP contribution is 2.36. The minimum atomic E-state index is -1.05. The number of hydrogen-bond acceptors (Lipinski definition) is 5. The lowest BCUT2D eigenvalue weighted by Gasteiger charge is -2.15. The van der Waals surface area contributed by atoms with Crippen molar-refractivity contribution in [1.29, 1.82) is 0 Å². The molecular formula is C12H18O5S. The van der Waals surface area contributed by atoms with E-state index in [1.165, 1.54) is 11.3 Å². The van der Waals surface area contributed by atoms with E-state index >= 15 is 0 Å². The summed E-state index contributed by atoms with van der Waals surface area (Å²) in [6.45, 7) is 5.40. The number of carbonyl (C=O) groups is 1. The van der Waals surface area contributed by atoms with Crippen molar-refractivity contribution in [3.63, 3.8) is 0 Å². The average Bonchev–Trinajstić information content (AvgIpc) is 2.69. The molecule has 5 nitrogen and oxygen atoms in total. The first-order valence-electron chi connectivity index (χ1n) is 5.55. The topological polar surface area (TPSA) is 87.0 Å². The average molecular weight is 274 g/mol. The summed E-state index contributed by atoms with van der Waals surface area (Å²) in [5.41, 5.74) is -0.161. The SMILES string of the molecule is CC(C)(C)c1cc(OCC(O)CO)c(C(=O)O)s1. The molecule has 0 aliphatic rings. The monoisotopic (exact) mass is 274 g/mol. The van der Waals surface area contributed by atoms with E-state index in [9.17, 15) is 9.90 Å². The zero-order chi connectivity index (χ0) is 13.9. The Bertz CT molecular complexity index is 419. The van der Waals surface area contributed by atoms with Crippen LogP contribution in [0.1, 0.15) is 35.3 Å². The molecule has 0 bridgehead atoms. The van der Waals surface area contributed by atoms with Crippen LogP contribution in [0.25, 0.3) is 0 Å². The van der Waals surface area contributed by atoms with Crippen LogP contribution in [0.2, 0.25) is 0 Å². The summed E-state index contributed by atoms with van der Waals surface area (Å²) < 4.78 is 5.25. The van der Waals surface area contributed by atoms with Gasteiger partial charge in [-0.25, -0.2) is 4.79 Å². The summed E-state index contributed by atoms with van der Waals surface area (Å²) in [7, 11) is 0. The smallest absolute Gasteiger partial charge is 0.349 e. The van der Waals surface area contributed by atoms with E-state index in [1.54, 1.807) is 6.07 Å². The van der Waals surface area contributed by atoms with Crippen molar-refractivity contribution in [2.75, 3.05) is 13.2 Å². The molecular weight excluding hydrogens is 256 g/mol. The van der Waals surface area contributed by atoms with Crippen molar-refractivity contribution >= 4 is 17.3 Å². The van der Waals surface area contributed by atoms with Crippen molar-refractivity contribution in [3.05, 3.63) is 15.8 Å². The number of aliphatic hydroxyl groups is 2. The van der Waals surface area contributed by atoms with E-state index in [1.807, 2.05) is 20.8 Å². The number of carboxylic acid groups (broad SMARTS) is 1. The molecule has 0 saturated carbocycles. The Labute approximate surface area is 110 Å². The molecule has 1 rings (SSSR count). The molecule has 1 unspecified atom stereocenters. The summed E-state index contributed by atoms with van der Waals surface area (Å²) in [4.78, 5) is 12.1. The maximum atomic E-state index is 11.1. The minimum Gasteiger partial charge on any atom is -0.489 e. The van der Waals surface area contributed by atoms with Crippen LogP contribution < -0.4 is 4.74 Å². The van der Waals surface area contributed by atoms with Crippen molar-refractivity contribution in [3.8, 4) is 5.75 Å². The number of ether oxygens (including phenoxy) is 1. The molecule has 0 saturated heterocycles. The third-order valence-electron chi connectivity index (χ3n) is 2.27. The van der Waals surface area contributed by atoms with Gasteiger partial charge < -0.3 is 20.1 Å². The quantitative estimate of drug-likeness (QED) is 0.757. The Kier molecular flexibility index (Phi) is 4.72. The van der Waals surface area contributed by atoms with Crippen LogP contribution in [0.5, 0.6) is 5.75 Å². The highest BCUT2D eigenvalue weighted by atomic mass is 32.1. The summed E-state index contributed by atoms with van der Waals surface area (Å²) >= 11 is 1.17. The molecule has 0 fully saturated rings. The number of rotatable bonds is 5. The molecule has 18 heavy (non-hydrogen) atoms. The molecule has 1 heterocycles. The number of hydrogen-bond donors (Lipinski definition) is 3. The first kappa shape index (κ1) is 14.9. The van der Waals surface area contributed by atoms with Gasteiger partial charge in [0.25, 0.3) is 0 Å². The summed E-state index contributed by atoms with van der Waals surface area (Å²) in [5, 5.41) is 27.0. The molecule has 0 radical (unpaired) electrons. The van der Waals surface area contributed by atoms with Crippen molar-refractivity contribution in [2.45, 2.75) is 32.3 Å². The Balaban J connectivity index is 2.95. The largest absolute Gasteiger partial charge is 0.489 e. The first-order valence-corrected chi connectivity index (χ1v) is 6.36. The van der Waals surface area contributed by atoms with Crippen LogP contribution in [0.3, 0.4) is 0 Å². The van der Waals surface area contributed by atoms with E-state index < -0.39 is 18.7 Å². The molecule has 3 N–H and O–H groups in total. The summed E-state index contributed by atoms with van der Waals surface area (Å²) in [6.07, 6.45) is -1.01. The first-order chi connectivity index (χ1) is 8.25. The lowest BCUT2D eigenvalue weighted by atomic mass is 9.95. The second kappa shape index (κ2) is 5.69. The van der Waals surface area contributed by atoms with Crippen molar-refractivity contribution in [1.82, 2.24) is 0 Å². The Morgan fingerprint density at radius 2 is 2.11 bits per heavy atom. The van der Waals surface area contributed by atoms with Crippen LogP contribution in [0.15, 0.2) is 6.07 Å². The predicted octanol–water partition coefficient (Wildman–Crippen LogP) is 1.48. The Hall–Kier alpha value is -1.11. The van der Waals surface area contributed by atoms with E-state index in [0.29, 0.717) is 0 Å². The standard InChI is InChI=1S/C12H18O5S/c1-12(2,3)9-4-8(10(18-9)11(15)16)17-6-7(14)5-13/h4,7,13-14H,5-6H2,1-3H3,(H,15,16). The van der Waals surface area contributed by atoms with E-state index in [4.69, 9.17) is 14.9 Å². The van der Waals surface area contributed by atoms with Gasteiger partial charge in [-0.15, -0.1) is 11.3 Å². The molecule has 0 amide bonds. The van der Waals surface area contributed by atoms with Gasteiger partial charge in [0.1, 0.15) is 18.5 Å². The van der Waals surface area contributed by atoms with Gasteiger partial charge in [-0.05, 0) is 11.5 Å². The molecule has 6 heteroatoms. The lowest BCUT2D eigenvalue weighted by Crippen LogP contribution is -2.21.